The molecule has 100 valence electrons. The van der Waals surface area contributed by atoms with Crippen LogP contribution in [0, 0.1) is 5.82 Å². The standard InChI is InChI=1S/C14H17FN4/c1-2-6-17-13-9-16-10-14(19-13)18-8-11-4-3-5-12(15)7-11/h3-5,7,9-10H,2,6,8H2,1H3,(H2,17,18,19). The average Bonchev–Trinajstić information content (AvgIpc) is 2.43. The smallest absolute Gasteiger partial charge is 0.147 e. The summed E-state index contributed by atoms with van der Waals surface area (Å²) in [5.41, 5.74) is 0.869. The molecule has 19 heavy (non-hydrogen) atoms. The van der Waals surface area contributed by atoms with Crippen molar-refractivity contribution >= 4 is 11.6 Å². The molecule has 1 aromatic heterocycles. The molecule has 0 aliphatic rings. The van der Waals surface area contributed by atoms with Gasteiger partial charge in [0.15, 0.2) is 0 Å². The van der Waals surface area contributed by atoms with Gasteiger partial charge in [-0.3, -0.25) is 4.98 Å². The summed E-state index contributed by atoms with van der Waals surface area (Å²) in [6.07, 6.45) is 4.36. The highest BCUT2D eigenvalue weighted by molar-refractivity contribution is 5.41. The Morgan fingerprint density at radius 1 is 1.16 bits per heavy atom. The van der Waals surface area contributed by atoms with Crippen LogP contribution in [0.4, 0.5) is 16.0 Å². The average molecular weight is 260 g/mol. The zero-order valence-corrected chi connectivity index (χ0v) is 10.9. The van der Waals surface area contributed by atoms with Crippen LogP contribution >= 0.6 is 0 Å². The number of benzene rings is 1. The summed E-state index contributed by atoms with van der Waals surface area (Å²) in [6.45, 7) is 3.47. The van der Waals surface area contributed by atoms with E-state index in [4.69, 9.17) is 0 Å². The first kappa shape index (κ1) is 13.3. The summed E-state index contributed by atoms with van der Waals surface area (Å²) >= 11 is 0. The summed E-state index contributed by atoms with van der Waals surface area (Å²) in [6, 6.07) is 6.48. The van der Waals surface area contributed by atoms with E-state index in [1.165, 1.54) is 12.1 Å². The summed E-state index contributed by atoms with van der Waals surface area (Å²) in [7, 11) is 0. The lowest BCUT2D eigenvalue weighted by atomic mass is 10.2. The van der Waals surface area contributed by atoms with Crippen LogP contribution in [-0.4, -0.2) is 16.5 Å². The van der Waals surface area contributed by atoms with Crippen LogP contribution in [0.15, 0.2) is 36.7 Å². The van der Waals surface area contributed by atoms with Gasteiger partial charge in [0.25, 0.3) is 0 Å². The van der Waals surface area contributed by atoms with Crippen molar-refractivity contribution in [2.24, 2.45) is 0 Å². The topological polar surface area (TPSA) is 49.8 Å². The molecule has 2 aromatic rings. The predicted octanol–water partition coefficient (Wildman–Crippen LogP) is 3.05. The monoisotopic (exact) mass is 260 g/mol. The molecule has 1 aromatic carbocycles. The molecule has 4 nitrogen and oxygen atoms in total. The SMILES string of the molecule is CCCNc1cncc(NCc2cccc(F)c2)n1. The van der Waals surface area contributed by atoms with E-state index in [1.54, 1.807) is 18.5 Å². The molecule has 0 spiro atoms. The Balaban J connectivity index is 1.95. The molecule has 2 rings (SSSR count). The molecule has 0 amide bonds. The number of nitrogens with zero attached hydrogens (tertiary/aromatic N) is 2. The van der Waals surface area contributed by atoms with Gasteiger partial charge in [0.2, 0.25) is 0 Å². The second kappa shape index (κ2) is 6.68. The Morgan fingerprint density at radius 3 is 2.68 bits per heavy atom. The third kappa shape index (κ3) is 4.21. The molecular weight excluding hydrogens is 243 g/mol. The zero-order chi connectivity index (χ0) is 13.5. The number of hydrogen-bond acceptors (Lipinski definition) is 4. The molecular formula is C14H17FN4. The second-order valence-electron chi connectivity index (χ2n) is 4.20. The van der Waals surface area contributed by atoms with E-state index >= 15 is 0 Å². The van der Waals surface area contributed by atoms with Crippen LogP contribution in [0.3, 0.4) is 0 Å². The fourth-order valence-corrected chi connectivity index (χ4v) is 1.63. The van der Waals surface area contributed by atoms with Crippen molar-refractivity contribution in [3.63, 3.8) is 0 Å². The number of halogens is 1. The van der Waals surface area contributed by atoms with Gasteiger partial charge in [-0.1, -0.05) is 19.1 Å². The lowest BCUT2D eigenvalue weighted by Gasteiger charge is -2.08. The Kier molecular flexibility index (Phi) is 4.66. The molecule has 2 N–H and O–H groups in total. The molecule has 0 saturated carbocycles. The number of anilines is 2. The third-order valence-corrected chi connectivity index (χ3v) is 2.55. The third-order valence-electron chi connectivity index (χ3n) is 2.55. The van der Waals surface area contributed by atoms with E-state index < -0.39 is 0 Å². The van der Waals surface area contributed by atoms with Crippen LogP contribution in [0.1, 0.15) is 18.9 Å². The fourth-order valence-electron chi connectivity index (χ4n) is 1.63. The molecule has 0 unspecified atom stereocenters. The van der Waals surface area contributed by atoms with Crippen LogP contribution in [-0.2, 0) is 6.54 Å². The zero-order valence-electron chi connectivity index (χ0n) is 10.9. The van der Waals surface area contributed by atoms with Gasteiger partial charge >= 0.3 is 0 Å². The van der Waals surface area contributed by atoms with Crippen molar-refractivity contribution in [3.8, 4) is 0 Å². The number of hydrogen-bond donors (Lipinski definition) is 2. The number of rotatable bonds is 6. The maximum Gasteiger partial charge on any atom is 0.147 e. The normalized spacial score (nSPS) is 10.2. The highest BCUT2D eigenvalue weighted by atomic mass is 19.1. The van der Waals surface area contributed by atoms with Gasteiger partial charge in [-0.15, -0.1) is 0 Å². The molecule has 0 aliphatic heterocycles. The van der Waals surface area contributed by atoms with E-state index in [0.29, 0.717) is 12.4 Å². The highest BCUT2D eigenvalue weighted by Crippen LogP contribution is 2.09. The largest absolute Gasteiger partial charge is 0.369 e. The van der Waals surface area contributed by atoms with Gasteiger partial charge in [-0.05, 0) is 24.1 Å². The maximum absolute atomic E-state index is 13.0. The Hall–Kier alpha value is -2.17. The fraction of sp³-hybridized carbons (Fsp3) is 0.286. The highest BCUT2D eigenvalue weighted by Gasteiger charge is 1.99. The van der Waals surface area contributed by atoms with Gasteiger partial charge in [0.05, 0.1) is 12.4 Å². The second-order valence-corrected chi connectivity index (χ2v) is 4.20. The van der Waals surface area contributed by atoms with E-state index in [2.05, 4.69) is 27.5 Å². The quantitative estimate of drug-likeness (QED) is 0.838. The van der Waals surface area contributed by atoms with Gasteiger partial charge in [-0.25, -0.2) is 9.37 Å². The summed E-state index contributed by atoms with van der Waals surface area (Å²) < 4.78 is 13.0. The van der Waals surface area contributed by atoms with Crippen molar-refractivity contribution < 1.29 is 4.39 Å². The number of nitrogens with one attached hydrogen (secondary N) is 2. The van der Waals surface area contributed by atoms with Gasteiger partial charge < -0.3 is 10.6 Å². The van der Waals surface area contributed by atoms with E-state index in [-0.39, 0.29) is 5.82 Å². The van der Waals surface area contributed by atoms with Crippen molar-refractivity contribution in [2.45, 2.75) is 19.9 Å². The molecule has 0 saturated heterocycles. The summed E-state index contributed by atoms with van der Waals surface area (Å²) in [5, 5.41) is 6.29. The van der Waals surface area contributed by atoms with Crippen molar-refractivity contribution in [1.29, 1.82) is 0 Å². The molecule has 5 heteroatoms. The minimum absolute atomic E-state index is 0.233. The predicted molar refractivity (Wildman–Crippen MR) is 74.5 cm³/mol. The van der Waals surface area contributed by atoms with Crippen molar-refractivity contribution in [2.75, 3.05) is 17.2 Å². The Morgan fingerprint density at radius 2 is 1.95 bits per heavy atom. The first-order valence-electron chi connectivity index (χ1n) is 6.32. The van der Waals surface area contributed by atoms with Gasteiger partial charge in [-0.2, -0.15) is 0 Å². The molecule has 1 heterocycles. The Labute approximate surface area is 112 Å². The van der Waals surface area contributed by atoms with Crippen LogP contribution in [0.25, 0.3) is 0 Å². The van der Waals surface area contributed by atoms with E-state index in [0.717, 1.165) is 24.3 Å². The van der Waals surface area contributed by atoms with E-state index in [9.17, 15) is 4.39 Å². The van der Waals surface area contributed by atoms with Crippen molar-refractivity contribution in [3.05, 3.63) is 48.0 Å². The maximum atomic E-state index is 13.0. The minimum atomic E-state index is -0.233. The molecule has 0 aliphatic carbocycles. The van der Waals surface area contributed by atoms with Crippen LogP contribution in [0.2, 0.25) is 0 Å². The van der Waals surface area contributed by atoms with Crippen molar-refractivity contribution in [1.82, 2.24) is 9.97 Å². The van der Waals surface area contributed by atoms with Gasteiger partial charge in [0.1, 0.15) is 17.5 Å². The summed E-state index contributed by atoms with van der Waals surface area (Å²) in [4.78, 5) is 8.48. The first-order chi connectivity index (χ1) is 9.28. The summed E-state index contributed by atoms with van der Waals surface area (Å²) in [5.74, 6) is 1.18. The number of aromatic nitrogens is 2. The minimum Gasteiger partial charge on any atom is -0.369 e. The lowest BCUT2D eigenvalue weighted by molar-refractivity contribution is 0.626. The molecule has 0 atom stereocenters. The molecule has 0 bridgehead atoms. The molecule has 0 fully saturated rings. The van der Waals surface area contributed by atoms with E-state index in [1.807, 2.05) is 6.07 Å². The first-order valence-corrected chi connectivity index (χ1v) is 6.32. The van der Waals surface area contributed by atoms with Crippen LogP contribution in [0.5, 0.6) is 0 Å². The van der Waals surface area contributed by atoms with Crippen LogP contribution < -0.4 is 10.6 Å². The molecule has 0 radical (unpaired) electrons. The Bertz CT molecular complexity index is 530. The lowest BCUT2D eigenvalue weighted by Crippen LogP contribution is -2.06. The van der Waals surface area contributed by atoms with Gasteiger partial charge in [0, 0.05) is 13.1 Å².